The van der Waals surface area contributed by atoms with E-state index in [-0.39, 0.29) is 11.7 Å². The molecule has 3 aromatic rings. The summed E-state index contributed by atoms with van der Waals surface area (Å²) < 4.78 is 1.81. The van der Waals surface area contributed by atoms with Gasteiger partial charge in [0.05, 0.1) is 5.69 Å². The molecule has 1 aliphatic heterocycles. The molecular formula is C19H22N8O. The number of rotatable bonds is 3. The van der Waals surface area contributed by atoms with E-state index in [1.807, 2.05) is 37.6 Å². The number of hydrogen-bond donors (Lipinski definition) is 0. The summed E-state index contributed by atoms with van der Waals surface area (Å²) in [6.07, 6.45) is 3.17. The Hall–Kier alpha value is -3.36. The van der Waals surface area contributed by atoms with E-state index in [1.54, 1.807) is 23.5 Å². The molecule has 28 heavy (non-hydrogen) atoms. The van der Waals surface area contributed by atoms with E-state index >= 15 is 0 Å². The third kappa shape index (κ3) is 3.55. The highest BCUT2D eigenvalue weighted by Crippen LogP contribution is 2.18. The number of aromatic nitrogens is 6. The van der Waals surface area contributed by atoms with Gasteiger partial charge in [0.25, 0.3) is 5.91 Å². The van der Waals surface area contributed by atoms with Crippen molar-refractivity contribution in [2.24, 2.45) is 0 Å². The molecule has 0 spiro atoms. The second-order valence-corrected chi connectivity index (χ2v) is 6.87. The summed E-state index contributed by atoms with van der Waals surface area (Å²) in [6.45, 7) is 8.37. The van der Waals surface area contributed by atoms with Gasteiger partial charge in [-0.05, 0) is 32.9 Å². The fourth-order valence-electron chi connectivity index (χ4n) is 3.32. The second kappa shape index (κ2) is 7.34. The maximum absolute atomic E-state index is 12.6. The molecule has 9 nitrogen and oxygen atoms in total. The zero-order valence-corrected chi connectivity index (χ0v) is 16.2. The van der Waals surface area contributed by atoms with Crippen LogP contribution in [0.4, 0.5) is 5.82 Å². The van der Waals surface area contributed by atoms with Gasteiger partial charge >= 0.3 is 0 Å². The lowest BCUT2D eigenvalue weighted by Gasteiger charge is -2.35. The fourth-order valence-corrected chi connectivity index (χ4v) is 3.32. The molecule has 1 amide bonds. The molecule has 0 aromatic carbocycles. The van der Waals surface area contributed by atoms with Crippen molar-refractivity contribution in [3.63, 3.8) is 0 Å². The average Bonchev–Trinajstić information content (AvgIpc) is 3.06. The first-order chi connectivity index (χ1) is 13.5. The summed E-state index contributed by atoms with van der Waals surface area (Å²) >= 11 is 0. The van der Waals surface area contributed by atoms with Crippen LogP contribution in [0.25, 0.3) is 5.82 Å². The van der Waals surface area contributed by atoms with Crippen LogP contribution < -0.4 is 4.90 Å². The minimum absolute atomic E-state index is 0.130. The molecule has 0 saturated carbocycles. The molecule has 0 atom stereocenters. The van der Waals surface area contributed by atoms with Crippen molar-refractivity contribution >= 4 is 11.7 Å². The van der Waals surface area contributed by atoms with Crippen molar-refractivity contribution in [3.05, 3.63) is 53.6 Å². The van der Waals surface area contributed by atoms with Gasteiger partial charge in [0.1, 0.15) is 12.1 Å². The van der Waals surface area contributed by atoms with Crippen LogP contribution in [0, 0.1) is 20.8 Å². The van der Waals surface area contributed by atoms with Crippen LogP contribution in [-0.4, -0.2) is 66.7 Å². The van der Waals surface area contributed by atoms with Crippen molar-refractivity contribution in [2.75, 3.05) is 31.1 Å². The number of carbonyl (C=O) groups excluding carboxylic acids is 1. The normalized spacial score (nSPS) is 14.4. The maximum atomic E-state index is 12.6. The van der Waals surface area contributed by atoms with E-state index < -0.39 is 0 Å². The molecule has 4 heterocycles. The first kappa shape index (κ1) is 18.0. The van der Waals surface area contributed by atoms with Gasteiger partial charge in [-0.3, -0.25) is 4.79 Å². The standard InChI is InChI=1S/C19H22N8O/c1-13-4-5-20-18(23-13)19(28)26-8-6-25(7-9-26)16-11-17(22-12-21-16)27-15(3)10-14(2)24-27/h4-5,10-12H,6-9H2,1-3H3. The molecule has 0 unspecified atom stereocenters. The number of anilines is 1. The summed E-state index contributed by atoms with van der Waals surface area (Å²) in [5, 5.41) is 4.48. The van der Waals surface area contributed by atoms with E-state index in [0.717, 1.165) is 28.7 Å². The van der Waals surface area contributed by atoms with Gasteiger partial charge < -0.3 is 9.80 Å². The van der Waals surface area contributed by atoms with Crippen molar-refractivity contribution in [3.8, 4) is 5.82 Å². The number of amides is 1. The number of piperazine rings is 1. The van der Waals surface area contributed by atoms with Crippen LogP contribution >= 0.6 is 0 Å². The predicted molar refractivity (Wildman–Crippen MR) is 104 cm³/mol. The Morgan fingerprint density at radius 3 is 2.36 bits per heavy atom. The van der Waals surface area contributed by atoms with Gasteiger partial charge in [-0.1, -0.05) is 0 Å². The van der Waals surface area contributed by atoms with Crippen LogP contribution in [-0.2, 0) is 0 Å². The first-order valence-electron chi connectivity index (χ1n) is 9.21. The molecule has 3 aromatic heterocycles. The summed E-state index contributed by atoms with van der Waals surface area (Å²) in [6, 6.07) is 5.73. The Bertz CT molecular complexity index is 1010. The van der Waals surface area contributed by atoms with Gasteiger partial charge in [-0.25, -0.2) is 24.6 Å². The summed E-state index contributed by atoms with van der Waals surface area (Å²) in [7, 11) is 0. The molecular weight excluding hydrogens is 356 g/mol. The molecule has 0 radical (unpaired) electrons. The topological polar surface area (TPSA) is 92.9 Å². The van der Waals surface area contributed by atoms with Crippen molar-refractivity contribution in [1.29, 1.82) is 0 Å². The number of nitrogens with zero attached hydrogens (tertiary/aromatic N) is 8. The quantitative estimate of drug-likeness (QED) is 0.679. The lowest BCUT2D eigenvalue weighted by molar-refractivity contribution is 0.0733. The highest BCUT2D eigenvalue weighted by atomic mass is 16.2. The van der Waals surface area contributed by atoms with E-state index in [2.05, 4.69) is 29.9 Å². The lowest BCUT2D eigenvalue weighted by atomic mass is 10.3. The zero-order chi connectivity index (χ0) is 19.7. The van der Waals surface area contributed by atoms with Crippen molar-refractivity contribution in [2.45, 2.75) is 20.8 Å². The van der Waals surface area contributed by atoms with Crippen LogP contribution in [0.1, 0.15) is 27.7 Å². The Morgan fingerprint density at radius 2 is 1.68 bits per heavy atom. The van der Waals surface area contributed by atoms with Crippen molar-refractivity contribution in [1.82, 2.24) is 34.6 Å². The Morgan fingerprint density at radius 1 is 0.929 bits per heavy atom. The zero-order valence-electron chi connectivity index (χ0n) is 16.2. The molecule has 1 aliphatic rings. The fraction of sp³-hybridized carbons (Fsp3) is 0.368. The summed E-state index contributed by atoms with van der Waals surface area (Å²) in [5.41, 5.74) is 2.76. The van der Waals surface area contributed by atoms with Crippen LogP contribution in [0.5, 0.6) is 0 Å². The average molecular weight is 378 g/mol. The SMILES string of the molecule is Cc1ccnc(C(=O)N2CCN(c3cc(-n4nc(C)cc4C)ncn3)CC2)n1. The molecule has 0 N–H and O–H groups in total. The Labute approximate surface area is 163 Å². The smallest absolute Gasteiger partial charge is 0.291 e. The van der Waals surface area contributed by atoms with E-state index in [1.165, 1.54) is 0 Å². The van der Waals surface area contributed by atoms with E-state index in [0.29, 0.717) is 26.2 Å². The van der Waals surface area contributed by atoms with Gasteiger partial charge in [-0.15, -0.1) is 0 Å². The molecule has 144 valence electrons. The molecule has 9 heteroatoms. The summed E-state index contributed by atoms with van der Waals surface area (Å²) in [4.78, 5) is 33.7. The van der Waals surface area contributed by atoms with Gasteiger partial charge in [0.15, 0.2) is 5.82 Å². The minimum Gasteiger partial charge on any atom is -0.353 e. The highest BCUT2D eigenvalue weighted by Gasteiger charge is 2.25. The Kier molecular flexibility index (Phi) is 4.72. The minimum atomic E-state index is -0.130. The highest BCUT2D eigenvalue weighted by molar-refractivity contribution is 5.90. The first-order valence-corrected chi connectivity index (χ1v) is 9.21. The third-order valence-corrected chi connectivity index (χ3v) is 4.74. The molecule has 0 bridgehead atoms. The third-order valence-electron chi connectivity index (χ3n) is 4.74. The predicted octanol–water partition coefficient (Wildman–Crippen LogP) is 1.34. The molecule has 1 fully saturated rings. The van der Waals surface area contributed by atoms with E-state index in [9.17, 15) is 4.79 Å². The summed E-state index contributed by atoms with van der Waals surface area (Å²) in [5.74, 6) is 1.69. The van der Waals surface area contributed by atoms with Gasteiger partial charge in [0, 0.05) is 49.8 Å². The Balaban J connectivity index is 1.46. The monoisotopic (exact) mass is 378 g/mol. The number of hydrogen-bond acceptors (Lipinski definition) is 7. The van der Waals surface area contributed by atoms with Crippen LogP contribution in [0.2, 0.25) is 0 Å². The molecule has 1 saturated heterocycles. The van der Waals surface area contributed by atoms with Crippen molar-refractivity contribution < 1.29 is 4.79 Å². The van der Waals surface area contributed by atoms with Gasteiger partial charge in [0.2, 0.25) is 5.82 Å². The molecule has 0 aliphatic carbocycles. The van der Waals surface area contributed by atoms with Crippen LogP contribution in [0.15, 0.2) is 30.7 Å². The van der Waals surface area contributed by atoms with Gasteiger partial charge in [-0.2, -0.15) is 5.10 Å². The maximum Gasteiger partial charge on any atom is 0.291 e. The number of carbonyl (C=O) groups is 1. The van der Waals surface area contributed by atoms with E-state index in [4.69, 9.17) is 0 Å². The lowest BCUT2D eigenvalue weighted by Crippen LogP contribution is -2.49. The number of aryl methyl sites for hydroxylation is 3. The van der Waals surface area contributed by atoms with Crippen LogP contribution in [0.3, 0.4) is 0 Å². The second-order valence-electron chi connectivity index (χ2n) is 6.87. The largest absolute Gasteiger partial charge is 0.353 e. The molecule has 4 rings (SSSR count).